The van der Waals surface area contributed by atoms with Gasteiger partial charge in [0.05, 0.1) is 12.4 Å². The Labute approximate surface area is 239 Å². The number of pyridine rings is 2. The van der Waals surface area contributed by atoms with Crippen LogP contribution in [-0.2, 0) is 9.47 Å². The number of halogens is 1. The fourth-order valence-electron chi connectivity index (χ4n) is 5.30. The molecule has 4 aliphatic rings. The predicted molar refractivity (Wildman–Crippen MR) is 154 cm³/mol. The van der Waals surface area contributed by atoms with Crippen molar-refractivity contribution >= 4 is 12.4 Å². The lowest BCUT2D eigenvalue weighted by molar-refractivity contribution is 0.189. The maximum Gasteiger partial charge on any atom is 0.137 e. The van der Waals surface area contributed by atoms with Crippen LogP contribution >= 0.6 is 12.4 Å². The molecular formula is C30H45ClN4O4. The summed E-state index contributed by atoms with van der Waals surface area (Å²) in [5.74, 6) is 4.67. The maximum absolute atomic E-state index is 5.80. The van der Waals surface area contributed by atoms with Crippen molar-refractivity contribution in [2.45, 2.75) is 62.4 Å². The van der Waals surface area contributed by atoms with E-state index in [-0.39, 0.29) is 12.4 Å². The van der Waals surface area contributed by atoms with Gasteiger partial charge < -0.3 is 29.6 Å². The predicted octanol–water partition coefficient (Wildman–Crippen LogP) is 4.35. The Morgan fingerprint density at radius 1 is 0.718 bits per heavy atom. The molecule has 0 unspecified atom stereocenters. The highest BCUT2D eigenvalue weighted by molar-refractivity contribution is 5.85. The molecule has 6 atom stereocenters. The number of nitrogens with zero attached hydrogens (tertiary/aromatic N) is 2. The van der Waals surface area contributed by atoms with Crippen molar-refractivity contribution in [2.75, 3.05) is 53.7 Å². The van der Waals surface area contributed by atoms with E-state index in [0.29, 0.717) is 23.9 Å². The molecular weight excluding hydrogens is 516 g/mol. The molecule has 0 radical (unpaired) electrons. The molecule has 2 aromatic heterocycles. The Balaban J connectivity index is 0.000000176. The van der Waals surface area contributed by atoms with Crippen molar-refractivity contribution in [1.29, 1.82) is 0 Å². The number of rotatable bonds is 14. The van der Waals surface area contributed by atoms with Crippen LogP contribution in [0.1, 0.15) is 61.5 Å². The van der Waals surface area contributed by atoms with Crippen LogP contribution in [0.2, 0.25) is 0 Å². The highest BCUT2D eigenvalue weighted by Crippen LogP contribution is 2.50. The number of hydrogen-bond donors (Lipinski definition) is 2. The van der Waals surface area contributed by atoms with E-state index < -0.39 is 0 Å². The Kier molecular flexibility index (Phi) is 11.6. The summed E-state index contributed by atoms with van der Waals surface area (Å²) in [6, 6.07) is 5.37. The standard InChI is InChI=1S/2C15H22N2O2.ClH/c2*1-18-5-3-11-7-15(11)12-6-14(9-16-8-12)19-10-13-2-4-17-13;/h2*6,8-9,11,13,15,17H,2-5,7,10H2,1H3;1H/t2*11-,13-,15-;/m00./s1. The van der Waals surface area contributed by atoms with Crippen LogP contribution in [0.4, 0.5) is 0 Å². The zero-order chi connectivity index (χ0) is 26.2. The summed E-state index contributed by atoms with van der Waals surface area (Å²) >= 11 is 0. The number of methoxy groups -OCH3 is 2. The molecule has 2 aliphatic heterocycles. The molecule has 0 spiro atoms. The molecule has 4 heterocycles. The largest absolute Gasteiger partial charge is 0.490 e. The minimum Gasteiger partial charge on any atom is -0.490 e. The Hall–Kier alpha value is -1.97. The van der Waals surface area contributed by atoms with Gasteiger partial charge in [0, 0.05) is 51.9 Å². The SMILES string of the molecule is COCC[C@H]1C[C@@H]1c1cncc(OC[C@@H]2CCN2)c1.COCC[C@H]1C[C@@H]1c1cncc(OC[C@@H]2CCN2)c1.Cl. The van der Waals surface area contributed by atoms with E-state index in [9.17, 15) is 0 Å². The molecule has 2 N–H and O–H groups in total. The van der Waals surface area contributed by atoms with Crippen LogP contribution < -0.4 is 20.1 Å². The summed E-state index contributed by atoms with van der Waals surface area (Å²) in [6.45, 7) is 5.47. The Bertz CT molecular complexity index is 927. The summed E-state index contributed by atoms with van der Waals surface area (Å²) in [6.07, 6.45) is 14.8. The van der Waals surface area contributed by atoms with Gasteiger partial charge in [-0.2, -0.15) is 0 Å². The molecule has 6 rings (SSSR count). The van der Waals surface area contributed by atoms with Gasteiger partial charge in [-0.3, -0.25) is 9.97 Å². The van der Waals surface area contributed by atoms with Gasteiger partial charge in [0.25, 0.3) is 0 Å². The monoisotopic (exact) mass is 560 g/mol. The van der Waals surface area contributed by atoms with Gasteiger partial charge in [0.2, 0.25) is 0 Å². The van der Waals surface area contributed by atoms with Gasteiger partial charge in [-0.05, 0) is 98.5 Å². The quantitative estimate of drug-likeness (QED) is 0.353. The van der Waals surface area contributed by atoms with E-state index in [1.165, 1.54) is 36.8 Å². The van der Waals surface area contributed by atoms with Gasteiger partial charge >= 0.3 is 0 Å². The lowest BCUT2D eigenvalue weighted by Gasteiger charge is -2.27. The first-order valence-electron chi connectivity index (χ1n) is 14.3. The van der Waals surface area contributed by atoms with Crippen molar-refractivity contribution < 1.29 is 18.9 Å². The molecule has 2 aliphatic carbocycles. The molecule has 9 heteroatoms. The minimum atomic E-state index is 0. The van der Waals surface area contributed by atoms with Crippen LogP contribution in [0.3, 0.4) is 0 Å². The molecule has 2 saturated heterocycles. The number of ether oxygens (including phenoxy) is 4. The van der Waals surface area contributed by atoms with Gasteiger partial charge in [0.15, 0.2) is 0 Å². The highest BCUT2D eigenvalue weighted by atomic mass is 35.5. The summed E-state index contributed by atoms with van der Waals surface area (Å²) < 4.78 is 21.9. The average Bonchev–Trinajstić information content (AvgIpc) is 3.81. The van der Waals surface area contributed by atoms with Gasteiger partial charge in [0.1, 0.15) is 24.7 Å². The van der Waals surface area contributed by atoms with E-state index in [1.807, 2.05) is 24.8 Å². The summed E-state index contributed by atoms with van der Waals surface area (Å²) in [7, 11) is 3.53. The van der Waals surface area contributed by atoms with Crippen molar-refractivity contribution in [3.8, 4) is 11.5 Å². The topological polar surface area (TPSA) is 86.8 Å². The molecule has 216 valence electrons. The van der Waals surface area contributed by atoms with Crippen LogP contribution in [0.25, 0.3) is 0 Å². The average molecular weight is 561 g/mol. The molecule has 8 nitrogen and oxygen atoms in total. The number of hydrogen-bond acceptors (Lipinski definition) is 8. The Morgan fingerprint density at radius 3 is 1.51 bits per heavy atom. The molecule has 0 amide bonds. The molecule has 39 heavy (non-hydrogen) atoms. The van der Waals surface area contributed by atoms with Crippen LogP contribution in [0.5, 0.6) is 11.5 Å². The second-order valence-electron chi connectivity index (χ2n) is 11.2. The van der Waals surface area contributed by atoms with E-state index in [4.69, 9.17) is 18.9 Å². The number of nitrogens with one attached hydrogen (secondary N) is 2. The van der Waals surface area contributed by atoms with Crippen LogP contribution in [0.15, 0.2) is 36.9 Å². The first kappa shape index (κ1) is 30.0. The lowest BCUT2D eigenvalue weighted by Crippen LogP contribution is -2.46. The van der Waals surface area contributed by atoms with Crippen molar-refractivity contribution in [1.82, 2.24) is 20.6 Å². The lowest BCUT2D eigenvalue weighted by atomic mass is 10.1. The first-order valence-corrected chi connectivity index (χ1v) is 14.3. The third kappa shape index (κ3) is 9.02. The van der Waals surface area contributed by atoms with Gasteiger partial charge in [-0.25, -0.2) is 0 Å². The first-order chi connectivity index (χ1) is 18.7. The van der Waals surface area contributed by atoms with Crippen molar-refractivity contribution in [2.24, 2.45) is 11.8 Å². The number of aromatic nitrogens is 2. The molecule has 2 aromatic rings. The maximum atomic E-state index is 5.80. The van der Waals surface area contributed by atoms with Gasteiger partial charge in [-0.1, -0.05) is 0 Å². The fraction of sp³-hybridized carbons (Fsp3) is 0.667. The van der Waals surface area contributed by atoms with E-state index in [0.717, 1.165) is 75.7 Å². The smallest absolute Gasteiger partial charge is 0.137 e. The van der Waals surface area contributed by atoms with E-state index in [2.05, 4.69) is 32.7 Å². The molecule has 0 aromatic carbocycles. The van der Waals surface area contributed by atoms with Gasteiger partial charge in [-0.15, -0.1) is 12.4 Å². The highest BCUT2D eigenvalue weighted by Gasteiger charge is 2.38. The minimum absolute atomic E-state index is 0. The van der Waals surface area contributed by atoms with E-state index >= 15 is 0 Å². The van der Waals surface area contributed by atoms with Crippen LogP contribution in [-0.4, -0.2) is 75.8 Å². The molecule has 4 fully saturated rings. The van der Waals surface area contributed by atoms with Crippen LogP contribution in [0, 0.1) is 11.8 Å². The fourth-order valence-corrected chi connectivity index (χ4v) is 5.30. The zero-order valence-corrected chi connectivity index (χ0v) is 24.2. The molecule has 2 saturated carbocycles. The van der Waals surface area contributed by atoms with Crippen molar-refractivity contribution in [3.63, 3.8) is 0 Å². The summed E-state index contributed by atoms with van der Waals surface area (Å²) in [5, 5.41) is 6.67. The van der Waals surface area contributed by atoms with E-state index in [1.54, 1.807) is 14.2 Å². The third-order valence-corrected chi connectivity index (χ3v) is 8.31. The summed E-state index contributed by atoms with van der Waals surface area (Å²) in [5.41, 5.74) is 2.64. The third-order valence-electron chi connectivity index (χ3n) is 8.31. The Morgan fingerprint density at radius 2 is 1.15 bits per heavy atom. The normalized spacial score (nSPS) is 28.1. The second kappa shape index (κ2) is 15.1. The molecule has 0 bridgehead atoms. The van der Waals surface area contributed by atoms with Crippen molar-refractivity contribution in [3.05, 3.63) is 48.0 Å². The summed E-state index contributed by atoms with van der Waals surface area (Å²) in [4.78, 5) is 8.61. The zero-order valence-electron chi connectivity index (χ0n) is 23.3. The second-order valence-corrected chi connectivity index (χ2v) is 11.2.